The maximum absolute atomic E-state index is 12.6. The molecule has 2 N–H and O–H groups in total. The minimum Gasteiger partial charge on any atom is -0.493 e. The summed E-state index contributed by atoms with van der Waals surface area (Å²) in [6, 6.07) is 5.78. The summed E-state index contributed by atoms with van der Waals surface area (Å²) in [4.78, 5) is 12.6. The first-order chi connectivity index (χ1) is 12.7. The second-order valence-electron chi connectivity index (χ2n) is 6.69. The number of aromatic nitrogens is 2. The zero-order chi connectivity index (χ0) is 18.4. The largest absolute Gasteiger partial charge is 0.493 e. The molecule has 1 saturated carbocycles. The number of methoxy groups -OCH3 is 2. The average Bonchev–Trinajstić information content (AvgIpc) is 3.18. The van der Waals surface area contributed by atoms with Gasteiger partial charge in [0, 0.05) is 12.5 Å². The molecule has 0 spiro atoms. The molecule has 1 aromatic carbocycles. The summed E-state index contributed by atoms with van der Waals surface area (Å²) < 4.78 is 10.8. The predicted molar refractivity (Wildman–Crippen MR) is 100.0 cm³/mol. The molecule has 0 unspecified atom stereocenters. The number of nitrogens with zero attached hydrogens (tertiary/aromatic N) is 1. The first kappa shape index (κ1) is 18.3. The molecule has 1 fully saturated rings. The number of hydrogen-bond donors (Lipinski definition) is 2. The Labute approximate surface area is 154 Å². The lowest BCUT2D eigenvalue weighted by molar-refractivity contribution is 0.0952. The van der Waals surface area contributed by atoms with Crippen LogP contribution in [0.3, 0.4) is 0 Å². The van der Waals surface area contributed by atoms with Crippen molar-refractivity contribution in [2.75, 3.05) is 20.8 Å². The Hall–Kier alpha value is -2.50. The van der Waals surface area contributed by atoms with Crippen LogP contribution in [0.4, 0.5) is 0 Å². The molecular formula is C20H27N3O3. The predicted octanol–water partition coefficient (Wildman–Crippen LogP) is 3.45. The van der Waals surface area contributed by atoms with Crippen molar-refractivity contribution in [3.05, 3.63) is 41.2 Å². The third-order valence-corrected chi connectivity index (χ3v) is 5.09. The third-order valence-electron chi connectivity index (χ3n) is 5.09. The van der Waals surface area contributed by atoms with E-state index in [1.807, 2.05) is 18.2 Å². The van der Waals surface area contributed by atoms with Gasteiger partial charge in [-0.15, -0.1) is 0 Å². The molecule has 0 atom stereocenters. The molecule has 3 rings (SSSR count). The average molecular weight is 357 g/mol. The van der Waals surface area contributed by atoms with Crippen molar-refractivity contribution in [1.29, 1.82) is 0 Å². The third kappa shape index (κ3) is 4.00. The van der Waals surface area contributed by atoms with E-state index in [0.29, 0.717) is 30.2 Å². The van der Waals surface area contributed by atoms with E-state index in [1.54, 1.807) is 20.4 Å². The highest BCUT2D eigenvalue weighted by atomic mass is 16.5. The van der Waals surface area contributed by atoms with Crippen molar-refractivity contribution in [2.24, 2.45) is 0 Å². The van der Waals surface area contributed by atoms with Crippen LogP contribution in [0, 0.1) is 0 Å². The fourth-order valence-electron chi connectivity index (χ4n) is 3.74. The van der Waals surface area contributed by atoms with Crippen LogP contribution in [0.2, 0.25) is 0 Å². The number of hydrogen-bond acceptors (Lipinski definition) is 4. The highest BCUT2D eigenvalue weighted by Gasteiger charge is 2.23. The van der Waals surface area contributed by atoms with Crippen LogP contribution in [0.25, 0.3) is 0 Å². The molecule has 140 valence electrons. The second-order valence-corrected chi connectivity index (χ2v) is 6.69. The lowest BCUT2D eigenvalue weighted by Crippen LogP contribution is -2.27. The molecule has 1 amide bonds. The number of aromatic amines is 1. The van der Waals surface area contributed by atoms with Gasteiger partial charge in [-0.2, -0.15) is 5.10 Å². The molecule has 1 aliphatic carbocycles. The van der Waals surface area contributed by atoms with Crippen molar-refractivity contribution in [1.82, 2.24) is 15.5 Å². The van der Waals surface area contributed by atoms with Crippen molar-refractivity contribution in [3.63, 3.8) is 0 Å². The van der Waals surface area contributed by atoms with Crippen LogP contribution in [-0.4, -0.2) is 36.9 Å². The summed E-state index contributed by atoms with van der Waals surface area (Å²) in [5, 5.41) is 10.2. The summed E-state index contributed by atoms with van der Waals surface area (Å²) in [6.07, 6.45) is 8.30. The molecule has 0 bridgehead atoms. The van der Waals surface area contributed by atoms with Gasteiger partial charge >= 0.3 is 0 Å². The fraction of sp³-hybridized carbons (Fsp3) is 0.500. The monoisotopic (exact) mass is 357 g/mol. The van der Waals surface area contributed by atoms with E-state index in [4.69, 9.17) is 9.47 Å². The smallest absolute Gasteiger partial charge is 0.254 e. The topological polar surface area (TPSA) is 76.2 Å². The molecule has 1 heterocycles. The second kappa shape index (κ2) is 8.74. The number of nitrogens with one attached hydrogen (secondary N) is 2. The molecule has 2 aromatic rings. The molecule has 1 aromatic heterocycles. The maximum Gasteiger partial charge on any atom is 0.254 e. The minimum atomic E-state index is -0.0683. The highest BCUT2D eigenvalue weighted by Crippen LogP contribution is 2.33. The Morgan fingerprint density at radius 1 is 1.23 bits per heavy atom. The van der Waals surface area contributed by atoms with Gasteiger partial charge in [0.15, 0.2) is 11.5 Å². The summed E-state index contributed by atoms with van der Waals surface area (Å²) in [5.74, 6) is 1.77. The Kier molecular flexibility index (Phi) is 6.15. The lowest BCUT2D eigenvalue weighted by atomic mass is 9.85. The minimum absolute atomic E-state index is 0.0683. The number of carbonyl (C=O) groups is 1. The Morgan fingerprint density at radius 2 is 2.04 bits per heavy atom. The summed E-state index contributed by atoms with van der Waals surface area (Å²) in [7, 11) is 3.25. The fourth-order valence-corrected chi connectivity index (χ4v) is 3.74. The van der Waals surface area contributed by atoms with E-state index in [2.05, 4.69) is 15.5 Å². The van der Waals surface area contributed by atoms with Gasteiger partial charge in [0.1, 0.15) is 0 Å². The van der Waals surface area contributed by atoms with Crippen LogP contribution >= 0.6 is 0 Å². The number of carbonyl (C=O) groups excluding carboxylic acids is 1. The first-order valence-electron chi connectivity index (χ1n) is 9.26. The molecule has 0 saturated heterocycles. The number of para-hydroxylation sites is 1. The molecule has 0 aliphatic heterocycles. The lowest BCUT2D eigenvalue weighted by Gasteiger charge is -2.21. The van der Waals surface area contributed by atoms with E-state index in [1.165, 1.54) is 19.3 Å². The summed E-state index contributed by atoms with van der Waals surface area (Å²) >= 11 is 0. The van der Waals surface area contributed by atoms with Gasteiger partial charge in [0.05, 0.1) is 31.7 Å². The van der Waals surface area contributed by atoms with Gasteiger partial charge in [0.25, 0.3) is 5.91 Å². The van der Waals surface area contributed by atoms with Gasteiger partial charge in [-0.3, -0.25) is 9.89 Å². The molecule has 1 aliphatic rings. The van der Waals surface area contributed by atoms with Crippen LogP contribution in [0.5, 0.6) is 11.5 Å². The molecule has 6 heteroatoms. The SMILES string of the molecule is COc1cccc(CCNC(=O)c2cn[nH]c2C2CCCCC2)c1OC. The van der Waals surface area contributed by atoms with Crippen LogP contribution in [0.15, 0.2) is 24.4 Å². The summed E-state index contributed by atoms with van der Waals surface area (Å²) in [5.41, 5.74) is 2.67. The standard InChI is InChI=1S/C20H27N3O3/c1-25-17-10-6-9-15(19(17)26-2)11-12-21-20(24)16-13-22-23-18(16)14-7-4-3-5-8-14/h6,9-10,13-14H,3-5,7-8,11-12H2,1-2H3,(H,21,24)(H,22,23). The molecule has 6 nitrogen and oxygen atoms in total. The van der Waals surface area contributed by atoms with Gasteiger partial charge in [-0.25, -0.2) is 0 Å². The zero-order valence-electron chi connectivity index (χ0n) is 15.5. The Balaban J connectivity index is 1.61. The van der Waals surface area contributed by atoms with Crippen molar-refractivity contribution in [3.8, 4) is 11.5 Å². The van der Waals surface area contributed by atoms with Gasteiger partial charge in [0.2, 0.25) is 0 Å². The van der Waals surface area contributed by atoms with Gasteiger partial charge in [-0.05, 0) is 30.9 Å². The first-order valence-corrected chi connectivity index (χ1v) is 9.26. The Morgan fingerprint density at radius 3 is 2.77 bits per heavy atom. The van der Waals surface area contributed by atoms with Crippen molar-refractivity contribution >= 4 is 5.91 Å². The number of benzene rings is 1. The van der Waals surface area contributed by atoms with Gasteiger partial charge < -0.3 is 14.8 Å². The highest BCUT2D eigenvalue weighted by molar-refractivity contribution is 5.95. The van der Waals surface area contributed by atoms with Crippen molar-refractivity contribution in [2.45, 2.75) is 44.4 Å². The number of H-pyrrole nitrogens is 1. The van der Waals surface area contributed by atoms with E-state index < -0.39 is 0 Å². The number of ether oxygens (including phenoxy) is 2. The zero-order valence-corrected chi connectivity index (χ0v) is 15.5. The number of amides is 1. The Bertz CT molecular complexity index is 736. The molecule has 26 heavy (non-hydrogen) atoms. The van der Waals surface area contributed by atoms with E-state index in [0.717, 1.165) is 29.8 Å². The summed E-state index contributed by atoms with van der Waals surface area (Å²) in [6.45, 7) is 0.525. The quantitative estimate of drug-likeness (QED) is 0.796. The normalized spacial score (nSPS) is 14.8. The maximum atomic E-state index is 12.6. The van der Waals surface area contributed by atoms with Gasteiger partial charge in [-0.1, -0.05) is 31.4 Å². The van der Waals surface area contributed by atoms with Crippen LogP contribution < -0.4 is 14.8 Å². The number of rotatable bonds is 7. The van der Waals surface area contributed by atoms with E-state index in [-0.39, 0.29) is 5.91 Å². The van der Waals surface area contributed by atoms with Crippen molar-refractivity contribution < 1.29 is 14.3 Å². The molecular weight excluding hydrogens is 330 g/mol. The van der Waals surface area contributed by atoms with E-state index in [9.17, 15) is 4.79 Å². The van der Waals surface area contributed by atoms with Crippen LogP contribution in [-0.2, 0) is 6.42 Å². The van der Waals surface area contributed by atoms with E-state index >= 15 is 0 Å². The molecule has 0 radical (unpaired) electrons. The van der Waals surface area contributed by atoms with Crippen LogP contribution in [0.1, 0.15) is 59.6 Å².